The molecule has 1 amide bonds. The Balaban J connectivity index is 2.05. The lowest BCUT2D eigenvalue weighted by atomic mass is 9.94. The molecule has 19 heavy (non-hydrogen) atoms. The number of Topliss-reactive ketones (excluding diaryl/α,β-unsaturated/α-hetero) is 1. The third kappa shape index (κ3) is 1.71. The smallest absolute Gasteiger partial charge is 0.241 e. The number of ketones is 1. The Hall–Kier alpha value is -1.35. The van der Waals surface area contributed by atoms with E-state index in [9.17, 15) is 9.59 Å². The van der Waals surface area contributed by atoms with Gasteiger partial charge in [0.15, 0.2) is 5.78 Å². The fraction of sp³-hybridized carbons (Fsp3) is 0.467. The molecule has 1 aliphatic heterocycles. The molecule has 0 N–H and O–H groups in total. The molecule has 2 fully saturated rings. The van der Waals surface area contributed by atoms with Crippen LogP contribution < -0.4 is 4.90 Å². The monoisotopic (exact) mass is 277 g/mol. The summed E-state index contributed by atoms with van der Waals surface area (Å²) in [5, 5.41) is 0.629. The van der Waals surface area contributed by atoms with Crippen LogP contribution in [-0.2, 0) is 9.59 Å². The van der Waals surface area contributed by atoms with Gasteiger partial charge in [0, 0.05) is 10.7 Å². The molecule has 1 saturated carbocycles. The van der Waals surface area contributed by atoms with Crippen LogP contribution in [0.1, 0.15) is 26.7 Å². The summed E-state index contributed by atoms with van der Waals surface area (Å²) in [6.45, 7) is 3.97. The average Bonchev–Trinajstić information content (AvgIpc) is 3.13. The molecule has 0 radical (unpaired) electrons. The third-order valence-corrected chi connectivity index (χ3v) is 4.38. The largest absolute Gasteiger partial charge is 0.301 e. The number of benzene rings is 1. The standard InChI is InChI=1S/C15H16ClNO2/c1-9(2)12-13(18)15(7-8-15)14(19)17(12)11-5-3-10(16)4-6-11/h3-6,9,12H,7-8H2,1-2H3. The fourth-order valence-corrected chi connectivity index (χ4v) is 3.05. The average molecular weight is 278 g/mol. The predicted octanol–water partition coefficient (Wildman–Crippen LogP) is 3.06. The zero-order chi connectivity index (χ0) is 13.8. The van der Waals surface area contributed by atoms with E-state index in [1.54, 1.807) is 17.0 Å². The summed E-state index contributed by atoms with van der Waals surface area (Å²) >= 11 is 5.88. The van der Waals surface area contributed by atoms with E-state index in [1.165, 1.54) is 0 Å². The quantitative estimate of drug-likeness (QED) is 0.779. The summed E-state index contributed by atoms with van der Waals surface area (Å²) in [5.41, 5.74) is 0.0689. The van der Waals surface area contributed by atoms with Gasteiger partial charge in [0.2, 0.25) is 5.91 Å². The summed E-state index contributed by atoms with van der Waals surface area (Å²) < 4.78 is 0. The minimum absolute atomic E-state index is 0.0291. The molecule has 0 bridgehead atoms. The molecule has 3 rings (SSSR count). The first-order chi connectivity index (χ1) is 8.97. The molecule has 1 spiro atoms. The van der Waals surface area contributed by atoms with E-state index in [1.807, 2.05) is 26.0 Å². The Bertz CT molecular complexity index is 546. The van der Waals surface area contributed by atoms with Crippen molar-refractivity contribution < 1.29 is 9.59 Å². The molecular formula is C15H16ClNO2. The Labute approximate surface area is 117 Å². The van der Waals surface area contributed by atoms with Gasteiger partial charge in [-0.3, -0.25) is 9.59 Å². The van der Waals surface area contributed by atoms with Crippen molar-refractivity contribution in [1.82, 2.24) is 0 Å². The maximum absolute atomic E-state index is 12.6. The molecular weight excluding hydrogens is 262 g/mol. The van der Waals surface area contributed by atoms with Gasteiger partial charge in [-0.25, -0.2) is 0 Å². The van der Waals surface area contributed by atoms with Gasteiger partial charge in [0.05, 0.1) is 6.04 Å². The zero-order valence-corrected chi connectivity index (χ0v) is 11.8. The normalized spacial score (nSPS) is 24.6. The van der Waals surface area contributed by atoms with Crippen molar-refractivity contribution in [3.05, 3.63) is 29.3 Å². The summed E-state index contributed by atoms with van der Waals surface area (Å²) in [6.07, 6.45) is 1.41. The van der Waals surface area contributed by atoms with Crippen LogP contribution >= 0.6 is 11.6 Å². The van der Waals surface area contributed by atoms with Crippen molar-refractivity contribution in [3.63, 3.8) is 0 Å². The van der Waals surface area contributed by atoms with E-state index in [0.717, 1.165) is 5.69 Å². The van der Waals surface area contributed by atoms with E-state index >= 15 is 0 Å². The van der Waals surface area contributed by atoms with Crippen molar-refractivity contribution in [3.8, 4) is 0 Å². The highest BCUT2D eigenvalue weighted by Crippen LogP contribution is 2.55. The molecule has 1 aliphatic carbocycles. The number of halogens is 1. The van der Waals surface area contributed by atoms with Gasteiger partial charge < -0.3 is 4.90 Å². The molecule has 1 saturated heterocycles. The second kappa shape index (κ2) is 4.07. The highest BCUT2D eigenvalue weighted by atomic mass is 35.5. The maximum Gasteiger partial charge on any atom is 0.241 e. The lowest BCUT2D eigenvalue weighted by Crippen LogP contribution is -2.39. The van der Waals surface area contributed by atoms with Crippen molar-refractivity contribution >= 4 is 29.0 Å². The van der Waals surface area contributed by atoms with E-state index < -0.39 is 5.41 Å². The van der Waals surface area contributed by atoms with Crippen LogP contribution in [0.3, 0.4) is 0 Å². The van der Waals surface area contributed by atoms with Gasteiger partial charge in [-0.15, -0.1) is 0 Å². The second-order valence-electron chi connectivity index (χ2n) is 5.79. The molecule has 1 aromatic rings. The maximum atomic E-state index is 12.6. The van der Waals surface area contributed by atoms with E-state index in [2.05, 4.69) is 0 Å². The number of rotatable bonds is 2. The second-order valence-corrected chi connectivity index (χ2v) is 6.22. The van der Waals surface area contributed by atoms with Gasteiger partial charge in [-0.1, -0.05) is 25.4 Å². The van der Waals surface area contributed by atoms with Gasteiger partial charge >= 0.3 is 0 Å². The zero-order valence-electron chi connectivity index (χ0n) is 11.0. The number of hydrogen-bond acceptors (Lipinski definition) is 2. The number of anilines is 1. The van der Waals surface area contributed by atoms with E-state index in [4.69, 9.17) is 11.6 Å². The molecule has 1 aromatic carbocycles. The van der Waals surface area contributed by atoms with Crippen LogP contribution in [0.15, 0.2) is 24.3 Å². The molecule has 4 heteroatoms. The van der Waals surface area contributed by atoms with Crippen LogP contribution in [0.5, 0.6) is 0 Å². The van der Waals surface area contributed by atoms with Gasteiger partial charge in [-0.2, -0.15) is 0 Å². The van der Waals surface area contributed by atoms with Crippen molar-refractivity contribution in [1.29, 1.82) is 0 Å². The molecule has 1 heterocycles. The van der Waals surface area contributed by atoms with Crippen LogP contribution in [0.2, 0.25) is 5.02 Å². The first-order valence-electron chi connectivity index (χ1n) is 6.61. The molecule has 0 aromatic heterocycles. The first kappa shape index (κ1) is 12.7. The van der Waals surface area contributed by atoms with Crippen LogP contribution in [-0.4, -0.2) is 17.7 Å². The molecule has 2 aliphatic rings. The van der Waals surface area contributed by atoms with Crippen LogP contribution in [0.25, 0.3) is 0 Å². The molecule has 1 atom stereocenters. The van der Waals surface area contributed by atoms with Gasteiger partial charge in [0.1, 0.15) is 5.41 Å². The van der Waals surface area contributed by atoms with Crippen LogP contribution in [0.4, 0.5) is 5.69 Å². The van der Waals surface area contributed by atoms with Crippen molar-refractivity contribution in [2.24, 2.45) is 11.3 Å². The number of carbonyl (C=O) groups is 2. The third-order valence-electron chi connectivity index (χ3n) is 4.13. The van der Waals surface area contributed by atoms with E-state index in [-0.39, 0.29) is 23.7 Å². The molecule has 3 nitrogen and oxygen atoms in total. The predicted molar refractivity (Wildman–Crippen MR) is 74.2 cm³/mol. The SMILES string of the molecule is CC(C)C1C(=O)C2(CC2)C(=O)N1c1ccc(Cl)cc1. The van der Waals surface area contributed by atoms with Gasteiger partial charge in [-0.05, 0) is 43.0 Å². The summed E-state index contributed by atoms with van der Waals surface area (Å²) in [6, 6.07) is 6.79. The Morgan fingerprint density at radius 1 is 1.21 bits per heavy atom. The number of carbonyl (C=O) groups excluding carboxylic acids is 2. The lowest BCUT2D eigenvalue weighted by molar-refractivity contribution is -0.129. The number of amides is 1. The van der Waals surface area contributed by atoms with Crippen LogP contribution in [0, 0.1) is 11.3 Å². The lowest BCUT2D eigenvalue weighted by Gasteiger charge is -2.26. The Morgan fingerprint density at radius 3 is 2.26 bits per heavy atom. The highest BCUT2D eigenvalue weighted by Gasteiger charge is 2.66. The highest BCUT2D eigenvalue weighted by molar-refractivity contribution is 6.30. The Kier molecular flexibility index (Phi) is 2.72. The molecule has 1 unspecified atom stereocenters. The van der Waals surface area contributed by atoms with Gasteiger partial charge in [0.25, 0.3) is 0 Å². The minimum atomic E-state index is -0.700. The van der Waals surface area contributed by atoms with E-state index in [0.29, 0.717) is 17.9 Å². The summed E-state index contributed by atoms with van der Waals surface area (Å²) in [5.74, 6) is 0.188. The summed E-state index contributed by atoms with van der Waals surface area (Å²) in [7, 11) is 0. The van der Waals surface area contributed by atoms with Crippen molar-refractivity contribution in [2.45, 2.75) is 32.7 Å². The minimum Gasteiger partial charge on any atom is -0.301 e. The number of hydrogen-bond donors (Lipinski definition) is 0. The fourth-order valence-electron chi connectivity index (χ4n) is 2.93. The summed E-state index contributed by atoms with van der Waals surface area (Å²) in [4.78, 5) is 26.8. The number of nitrogens with zero attached hydrogens (tertiary/aromatic N) is 1. The molecule has 100 valence electrons. The Morgan fingerprint density at radius 2 is 1.79 bits per heavy atom. The van der Waals surface area contributed by atoms with Crippen molar-refractivity contribution in [2.75, 3.05) is 4.90 Å². The first-order valence-corrected chi connectivity index (χ1v) is 6.99. The topological polar surface area (TPSA) is 37.4 Å².